The molecular formula is C17H18N2O3. The summed E-state index contributed by atoms with van der Waals surface area (Å²) in [5, 5.41) is 5.33. The van der Waals surface area contributed by atoms with Crippen molar-refractivity contribution in [2.24, 2.45) is 0 Å². The smallest absolute Gasteiger partial charge is 0.251 e. The molecule has 2 N–H and O–H groups in total. The third kappa shape index (κ3) is 4.34. The molecule has 22 heavy (non-hydrogen) atoms. The average molecular weight is 298 g/mol. The number of hydrogen-bond acceptors (Lipinski definition) is 3. The predicted octanol–water partition coefficient (Wildman–Crippen LogP) is 1.74. The topological polar surface area (TPSA) is 67.4 Å². The summed E-state index contributed by atoms with van der Waals surface area (Å²) in [4.78, 5) is 23.6. The summed E-state index contributed by atoms with van der Waals surface area (Å²) >= 11 is 0. The third-order valence-electron chi connectivity index (χ3n) is 3.11. The highest BCUT2D eigenvalue weighted by Crippen LogP contribution is 2.16. The van der Waals surface area contributed by atoms with Crippen LogP contribution in [0, 0.1) is 0 Å². The van der Waals surface area contributed by atoms with Crippen LogP contribution >= 0.6 is 0 Å². The number of carbonyl (C=O) groups is 2. The van der Waals surface area contributed by atoms with Crippen LogP contribution in [0.4, 0.5) is 0 Å². The first kappa shape index (κ1) is 15.6. The second-order valence-corrected chi connectivity index (χ2v) is 4.64. The fourth-order valence-corrected chi connectivity index (χ4v) is 1.96. The minimum absolute atomic E-state index is 0.0666. The van der Waals surface area contributed by atoms with E-state index in [1.165, 1.54) is 0 Å². The Morgan fingerprint density at radius 2 is 1.64 bits per heavy atom. The van der Waals surface area contributed by atoms with E-state index in [2.05, 4.69) is 10.6 Å². The molecule has 0 fully saturated rings. The lowest BCUT2D eigenvalue weighted by atomic mass is 10.2. The second-order valence-electron chi connectivity index (χ2n) is 4.64. The zero-order chi connectivity index (χ0) is 15.8. The minimum atomic E-state index is -0.270. The van der Waals surface area contributed by atoms with Gasteiger partial charge in [-0.1, -0.05) is 36.4 Å². The lowest BCUT2D eigenvalue weighted by Gasteiger charge is -2.10. The van der Waals surface area contributed by atoms with E-state index in [0.29, 0.717) is 12.1 Å². The zero-order valence-corrected chi connectivity index (χ0v) is 12.3. The Bertz CT molecular complexity index is 641. The highest BCUT2D eigenvalue weighted by Gasteiger charge is 2.08. The highest BCUT2D eigenvalue weighted by molar-refractivity contribution is 5.96. The van der Waals surface area contributed by atoms with Crippen molar-refractivity contribution in [2.45, 2.75) is 6.54 Å². The highest BCUT2D eigenvalue weighted by atomic mass is 16.5. The molecule has 5 nitrogen and oxygen atoms in total. The molecule has 0 saturated heterocycles. The number of para-hydroxylation sites is 1. The number of ether oxygens (including phenoxy) is 1. The van der Waals surface area contributed by atoms with E-state index in [1.807, 2.05) is 30.3 Å². The van der Waals surface area contributed by atoms with Crippen molar-refractivity contribution in [1.29, 1.82) is 0 Å². The molecule has 5 heteroatoms. The summed E-state index contributed by atoms with van der Waals surface area (Å²) in [6.45, 7) is 0.285. The maximum absolute atomic E-state index is 11.8. The van der Waals surface area contributed by atoms with Crippen LogP contribution in [0.25, 0.3) is 0 Å². The average Bonchev–Trinajstić information content (AvgIpc) is 2.58. The number of amides is 2. The van der Waals surface area contributed by atoms with Gasteiger partial charge in [0.15, 0.2) is 0 Å². The van der Waals surface area contributed by atoms with Crippen molar-refractivity contribution < 1.29 is 14.3 Å². The molecule has 2 amide bonds. The summed E-state index contributed by atoms with van der Waals surface area (Å²) in [5.41, 5.74) is 1.41. The van der Waals surface area contributed by atoms with E-state index in [1.54, 1.807) is 31.4 Å². The molecule has 114 valence electrons. The van der Waals surface area contributed by atoms with E-state index >= 15 is 0 Å². The van der Waals surface area contributed by atoms with Gasteiger partial charge in [-0.2, -0.15) is 0 Å². The fourth-order valence-electron chi connectivity index (χ4n) is 1.96. The number of carbonyl (C=O) groups excluding carboxylic acids is 2. The van der Waals surface area contributed by atoms with Crippen LogP contribution < -0.4 is 15.4 Å². The van der Waals surface area contributed by atoms with E-state index in [4.69, 9.17) is 4.74 Å². The summed E-state index contributed by atoms with van der Waals surface area (Å²) < 4.78 is 5.21. The molecule has 0 spiro atoms. The Morgan fingerprint density at radius 1 is 0.955 bits per heavy atom. The predicted molar refractivity (Wildman–Crippen MR) is 83.6 cm³/mol. The van der Waals surface area contributed by atoms with Gasteiger partial charge in [-0.15, -0.1) is 0 Å². The van der Waals surface area contributed by atoms with Crippen LogP contribution in [-0.2, 0) is 11.3 Å². The molecule has 0 atom stereocenters. The van der Waals surface area contributed by atoms with Crippen LogP contribution in [-0.4, -0.2) is 25.5 Å². The van der Waals surface area contributed by atoms with Gasteiger partial charge >= 0.3 is 0 Å². The first-order chi connectivity index (χ1) is 10.7. The van der Waals surface area contributed by atoms with Gasteiger partial charge in [-0.05, 0) is 18.2 Å². The van der Waals surface area contributed by atoms with Gasteiger partial charge in [0.2, 0.25) is 5.91 Å². The fraction of sp³-hybridized carbons (Fsp3) is 0.176. The standard InChI is InChI=1S/C17H18N2O3/c1-22-15-10-6-5-9-14(15)11-18-16(20)12-19-17(21)13-7-3-2-4-8-13/h2-10H,11-12H2,1H3,(H,18,20)(H,19,21). The van der Waals surface area contributed by atoms with Crippen molar-refractivity contribution in [2.75, 3.05) is 13.7 Å². The number of benzene rings is 2. The summed E-state index contributed by atoms with van der Waals surface area (Å²) in [7, 11) is 1.58. The van der Waals surface area contributed by atoms with Crippen LogP contribution in [0.3, 0.4) is 0 Å². The minimum Gasteiger partial charge on any atom is -0.496 e. The summed E-state index contributed by atoms with van der Waals surface area (Å²) in [6.07, 6.45) is 0. The Balaban J connectivity index is 1.80. The van der Waals surface area contributed by atoms with Gasteiger partial charge in [0, 0.05) is 17.7 Å². The normalized spacial score (nSPS) is 9.86. The zero-order valence-electron chi connectivity index (χ0n) is 12.3. The first-order valence-electron chi connectivity index (χ1n) is 6.92. The van der Waals surface area contributed by atoms with Gasteiger partial charge in [-0.25, -0.2) is 0 Å². The Labute approximate surface area is 129 Å². The molecular weight excluding hydrogens is 280 g/mol. The molecule has 0 unspecified atom stereocenters. The van der Waals surface area contributed by atoms with Gasteiger partial charge in [0.25, 0.3) is 5.91 Å². The summed E-state index contributed by atoms with van der Waals surface area (Å²) in [5.74, 6) is 0.194. The van der Waals surface area contributed by atoms with Crippen molar-refractivity contribution in [3.8, 4) is 5.75 Å². The molecule has 0 aliphatic heterocycles. The molecule has 2 aromatic carbocycles. The van der Waals surface area contributed by atoms with Gasteiger partial charge in [-0.3, -0.25) is 9.59 Å². The van der Waals surface area contributed by atoms with E-state index in [-0.39, 0.29) is 18.4 Å². The number of rotatable bonds is 6. The van der Waals surface area contributed by atoms with Crippen LogP contribution in [0.1, 0.15) is 15.9 Å². The van der Waals surface area contributed by atoms with E-state index < -0.39 is 0 Å². The molecule has 0 saturated carbocycles. The SMILES string of the molecule is COc1ccccc1CNC(=O)CNC(=O)c1ccccc1. The molecule has 0 radical (unpaired) electrons. The Hall–Kier alpha value is -2.82. The van der Waals surface area contributed by atoms with Gasteiger partial charge < -0.3 is 15.4 Å². The van der Waals surface area contributed by atoms with Crippen LogP contribution in [0.2, 0.25) is 0 Å². The van der Waals surface area contributed by atoms with Crippen molar-refractivity contribution in [1.82, 2.24) is 10.6 Å². The lowest BCUT2D eigenvalue weighted by Crippen LogP contribution is -2.36. The van der Waals surface area contributed by atoms with E-state index in [9.17, 15) is 9.59 Å². The molecule has 0 aliphatic rings. The first-order valence-corrected chi connectivity index (χ1v) is 6.92. The Kier molecular flexibility index (Phi) is 5.54. The molecule has 0 aromatic heterocycles. The molecule has 0 aliphatic carbocycles. The third-order valence-corrected chi connectivity index (χ3v) is 3.11. The quantitative estimate of drug-likeness (QED) is 0.853. The summed E-state index contributed by atoms with van der Waals surface area (Å²) in [6, 6.07) is 16.2. The number of nitrogens with one attached hydrogen (secondary N) is 2. The monoisotopic (exact) mass is 298 g/mol. The van der Waals surface area contributed by atoms with Gasteiger partial charge in [0.1, 0.15) is 5.75 Å². The van der Waals surface area contributed by atoms with Crippen LogP contribution in [0.15, 0.2) is 54.6 Å². The van der Waals surface area contributed by atoms with Crippen molar-refractivity contribution >= 4 is 11.8 Å². The second kappa shape index (κ2) is 7.83. The molecule has 0 heterocycles. The van der Waals surface area contributed by atoms with E-state index in [0.717, 1.165) is 11.3 Å². The molecule has 2 aromatic rings. The van der Waals surface area contributed by atoms with Gasteiger partial charge in [0.05, 0.1) is 13.7 Å². The largest absolute Gasteiger partial charge is 0.496 e. The molecule has 0 bridgehead atoms. The maximum Gasteiger partial charge on any atom is 0.251 e. The van der Waals surface area contributed by atoms with Crippen molar-refractivity contribution in [3.05, 3.63) is 65.7 Å². The van der Waals surface area contributed by atoms with Crippen LogP contribution in [0.5, 0.6) is 5.75 Å². The van der Waals surface area contributed by atoms with Crippen molar-refractivity contribution in [3.63, 3.8) is 0 Å². The molecule has 2 rings (SSSR count). The number of hydrogen-bond donors (Lipinski definition) is 2. The maximum atomic E-state index is 11.8. The number of methoxy groups -OCH3 is 1. The lowest BCUT2D eigenvalue weighted by molar-refractivity contribution is -0.120. The Morgan fingerprint density at radius 3 is 2.36 bits per heavy atom.